The van der Waals surface area contributed by atoms with Crippen molar-refractivity contribution in [2.75, 3.05) is 0 Å². The van der Waals surface area contributed by atoms with Crippen LogP contribution in [0.2, 0.25) is 0 Å². The molecule has 1 unspecified atom stereocenters. The first kappa shape index (κ1) is 11.4. The molecule has 1 heterocycles. The molecule has 3 aromatic rings. The van der Waals surface area contributed by atoms with Gasteiger partial charge in [0.2, 0.25) is 0 Å². The number of aromatic nitrogens is 1. The standard InChI is InChI=1S/C15H14N2S/c1-10(16)12-7-8-14-13(9-12)17-15(18-14)11-5-3-2-4-6-11/h2-10H,16H2,1H3. The molecular weight excluding hydrogens is 240 g/mol. The summed E-state index contributed by atoms with van der Waals surface area (Å²) in [7, 11) is 0. The van der Waals surface area contributed by atoms with Gasteiger partial charge in [-0.15, -0.1) is 11.3 Å². The molecule has 2 nitrogen and oxygen atoms in total. The molecule has 0 aliphatic carbocycles. The molecule has 2 N–H and O–H groups in total. The highest BCUT2D eigenvalue weighted by atomic mass is 32.1. The minimum atomic E-state index is 0.0521. The van der Waals surface area contributed by atoms with Crippen LogP contribution in [0.25, 0.3) is 20.8 Å². The summed E-state index contributed by atoms with van der Waals surface area (Å²) in [5.74, 6) is 0. The molecule has 1 atom stereocenters. The van der Waals surface area contributed by atoms with Crippen molar-refractivity contribution in [3.8, 4) is 10.6 Å². The molecule has 0 spiro atoms. The van der Waals surface area contributed by atoms with Crippen molar-refractivity contribution in [3.05, 3.63) is 54.1 Å². The van der Waals surface area contributed by atoms with Gasteiger partial charge in [-0.1, -0.05) is 36.4 Å². The fourth-order valence-corrected chi connectivity index (χ4v) is 2.88. The average molecular weight is 254 g/mol. The molecule has 0 saturated heterocycles. The molecule has 0 aliphatic rings. The summed E-state index contributed by atoms with van der Waals surface area (Å²) in [4.78, 5) is 4.69. The van der Waals surface area contributed by atoms with E-state index in [1.807, 2.05) is 25.1 Å². The van der Waals surface area contributed by atoms with E-state index < -0.39 is 0 Å². The van der Waals surface area contributed by atoms with Crippen molar-refractivity contribution in [2.45, 2.75) is 13.0 Å². The molecule has 0 bridgehead atoms. The zero-order valence-corrected chi connectivity index (χ0v) is 10.9. The van der Waals surface area contributed by atoms with Gasteiger partial charge in [0.15, 0.2) is 0 Å². The largest absolute Gasteiger partial charge is 0.324 e. The molecule has 18 heavy (non-hydrogen) atoms. The Balaban J connectivity index is 2.11. The Morgan fingerprint density at radius 3 is 2.61 bits per heavy atom. The number of hydrogen-bond acceptors (Lipinski definition) is 3. The van der Waals surface area contributed by atoms with Crippen LogP contribution < -0.4 is 5.73 Å². The van der Waals surface area contributed by atoms with E-state index in [9.17, 15) is 0 Å². The number of benzene rings is 2. The third-order valence-electron chi connectivity index (χ3n) is 2.96. The van der Waals surface area contributed by atoms with Crippen LogP contribution in [0.3, 0.4) is 0 Å². The van der Waals surface area contributed by atoms with E-state index in [-0.39, 0.29) is 6.04 Å². The van der Waals surface area contributed by atoms with Gasteiger partial charge in [-0.05, 0) is 24.6 Å². The van der Waals surface area contributed by atoms with Crippen LogP contribution in [-0.4, -0.2) is 4.98 Å². The number of hydrogen-bond donors (Lipinski definition) is 1. The van der Waals surface area contributed by atoms with E-state index in [1.54, 1.807) is 11.3 Å². The summed E-state index contributed by atoms with van der Waals surface area (Å²) in [5, 5.41) is 1.06. The smallest absolute Gasteiger partial charge is 0.124 e. The van der Waals surface area contributed by atoms with Gasteiger partial charge >= 0.3 is 0 Å². The van der Waals surface area contributed by atoms with Crippen LogP contribution in [0, 0.1) is 0 Å². The van der Waals surface area contributed by atoms with E-state index >= 15 is 0 Å². The molecule has 3 heteroatoms. The Hall–Kier alpha value is -1.71. The van der Waals surface area contributed by atoms with Crippen molar-refractivity contribution >= 4 is 21.6 Å². The highest BCUT2D eigenvalue weighted by Crippen LogP contribution is 2.31. The molecule has 0 amide bonds. The lowest BCUT2D eigenvalue weighted by molar-refractivity contribution is 0.820. The SMILES string of the molecule is CC(N)c1ccc2sc(-c3ccccc3)nc2c1. The van der Waals surface area contributed by atoms with Crippen LogP contribution in [0.4, 0.5) is 0 Å². The fraction of sp³-hybridized carbons (Fsp3) is 0.133. The van der Waals surface area contributed by atoms with E-state index in [1.165, 1.54) is 10.3 Å². The van der Waals surface area contributed by atoms with Crippen LogP contribution in [0.5, 0.6) is 0 Å². The van der Waals surface area contributed by atoms with Gasteiger partial charge in [0.05, 0.1) is 10.2 Å². The maximum atomic E-state index is 5.90. The van der Waals surface area contributed by atoms with Crippen LogP contribution in [-0.2, 0) is 0 Å². The van der Waals surface area contributed by atoms with Crippen molar-refractivity contribution in [1.29, 1.82) is 0 Å². The molecule has 0 aliphatic heterocycles. The van der Waals surface area contributed by atoms with Gasteiger partial charge in [-0.25, -0.2) is 4.98 Å². The van der Waals surface area contributed by atoms with Crippen LogP contribution in [0.1, 0.15) is 18.5 Å². The molecule has 0 saturated carbocycles. The topological polar surface area (TPSA) is 38.9 Å². The second kappa shape index (κ2) is 4.52. The third kappa shape index (κ3) is 2.03. The lowest BCUT2D eigenvalue weighted by Gasteiger charge is -2.03. The first-order valence-electron chi connectivity index (χ1n) is 5.95. The van der Waals surface area contributed by atoms with Gasteiger partial charge in [0, 0.05) is 11.6 Å². The van der Waals surface area contributed by atoms with Gasteiger partial charge < -0.3 is 5.73 Å². The van der Waals surface area contributed by atoms with E-state index in [0.717, 1.165) is 16.1 Å². The lowest BCUT2D eigenvalue weighted by atomic mass is 10.1. The summed E-state index contributed by atoms with van der Waals surface area (Å²) in [6.07, 6.45) is 0. The first-order chi connectivity index (χ1) is 8.74. The molecule has 3 rings (SSSR count). The van der Waals surface area contributed by atoms with Crippen molar-refractivity contribution in [1.82, 2.24) is 4.98 Å². The summed E-state index contributed by atoms with van der Waals surface area (Å²) in [5.41, 5.74) is 9.23. The second-order valence-electron chi connectivity index (χ2n) is 4.40. The zero-order valence-electron chi connectivity index (χ0n) is 10.1. The van der Waals surface area contributed by atoms with Gasteiger partial charge in [-0.2, -0.15) is 0 Å². The highest BCUT2D eigenvalue weighted by Gasteiger charge is 2.07. The Morgan fingerprint density at radius 1 is 1.11 bits per heavy atom. The Morgan fingerprint density at radius 2 is 1.89 bits per heavy atom. The molecule has 0 fully saturated rings. The monoisotopic (exact) mass is 254 g/mol. The number of thiazole rings is 1. The number of nitrogens with zero attached hydrogens (tertiary/aromatic N) is 1. The third-order valence-corrected chi connectivity index (χ3v) is 4.04. The average Bonchev–Trinajstić information content (AvgIpc) is 2.82. The van der Waals surface area contributed by atoms with Crippen molar-refractivity contribution in [2.24, 2.45) is 5.73 Å². The molecule has 90 valence electrons. The summed E-state index contributed by atoms with van der Waals surface area (Å²) >= 11 is 1.72. The van der Waals surface area contributed by atoms with Crippen molar-refractivity contribution < 1.29 is 0 Å². The Bertz CT molecular complexity index is 671. The van der Waals surface area contributed by atoms with Crippen LogP contribution >= 0.6 is 11.3 Å². The van der Waals surface area contributed by atoms with E-state index in [4.69, 9.17) is 5.73 Å². The number of nitrogens with two attached hydrogens (primary N) is 1. The summed E-state index contributed by atoms with van der Waals surface area (Å²) in [6, 6.07) is 16.6. The summed E-state index contributed by atoms with van der Waals surface area (Å²) < 4.78 is 1.21. The summed E-state index contributed by atoms with van der Waals surface area (Å²) in [6.45, 7) is 1.99. The van der Waals surface area contributed by atoms with Gasteiger partial charge in [0.1, 0.15) is 5.01 Å². The minimum absolute atomic E-state index is 0.0521. The first-order valence-corrected chi connectivity index (χ1v) is 6.77. The normalized spacial score (nSPS) is 12.8. The van der Waals surface area contributed by atoms with E-state index in [2.05, 4.69) is 35.3 Å². The predicted molar refractivity (Wildman–Crippen MR) is 77.7 cm³/mol. The maximum absolute atomic E-state index is 5.90. The molecule has 1 aromatic heterocycles. The molecule has 2 aromatic carbocycles. The zero-order chi connectivity index (χ0) is 12.5. The molecule has 0 radical (unpaired) electrons. The Labute approximate surface area is 110 Å². The Kier molecular flexibility index (Phi) is 2.86. The fourth-order valence-electron chi connectivity index (χ4n) is 1.93. The minimum Gasteiger partial charge on any atom is -0.324 e. The van der Waals surface area contributed by atoms with E-state index in [0.29, 0.717) is 0 Å². The quantitative estimate of drug-likeness (QED) is 0.751. The highest BCUT2D eigenvalue weighted by molar-refractivity contribution is 7.21. The number of fused-ring (bicyclic) bond motifs is 1. The lowest BCUT2D eigenvalue weighted by Crippen LogP contribution is -2.04. The number of rotatable bonds is 2. The predicted octanol–water partition coefficient (Wildman–Crippen LogP) is 3.98. The maximum Gasteiger partial charge on any atom is 0.124 e. The van der Waals surface area contributed by atoms with Gasteiger partial charge in [0.25, 0.3) is 0 Å². The molecular formula is C15H14N2S. The van der Waals surface area contributed by atoms with Crippen LogP contribution in [0.15, 0.2) is 48.5 Å². The second-order valence-corrected chi connectivity index (χ2v) is 5.43. The van der Waals surface area contributed by atoms with Gasteiger partial charge in [-0.3, -0.25) is 0 Å². The van der Waals surface area contributed by atoms with Crippen molar-refractivity contribution in [3.63, 3.8) is 0 Å².